The molecule has 2 amide bonds. The molecule has 0 radical (unpaired) electrons. The molecule has 2 aliphatic rings. The van der Waals surface area contributed by atoms with Crippen LogP contribution in [-0.2, 0) is 9.53 Å². The fraction of sp³-hybridized carbons (Fsp3) is 0.550. The maximum atomic E-state index is 12.8. The van der Waals surface area contributed by atoms with Gasteiger partial charge in [0.05, 0.1) is 18.2 Å². The van der Waals surface area contributed by atoms with Crippen LogP contribution in [0.2, 0.25) is 0 Å². The second kappa shape index (κ2) is 8.29. The lowest BCUT2D eigenvalue weighted by atomic mass is 9.98. The Morgan fingerprint density at radius 2 is 1.70 bits per heavy atom. The fourth-order valence-electron chi connectivity index (χ4n) is 3.89. The molecule has 0 aliphatic carbocycles. The molecule has 4 heterocycles. The van der Waals surface area contributed by atoms with Gasteiger partial charge in [-0.3, -0.25) is 4.79 Å². The summed E-state index contributed by atoms with van der Waals surface area (Å²) in [6, 6.07) is 3.90. The van der Waals surface area contributed by atoms with Crippen molar-refractivity contribution in [3.8, 4) is 5.82 Å². The van der Waals surface area contributed by atoms with Gasteiger partial charge < -0.3 is 19.4 Å². The Hall–Kier alpha value is -3.17. The first-order valence-corrected chi connectivity index (χ1v) is 10.3. The molecule has 0 aromatic carbocycles. The number of piperazine rings is 1. The number of anilines is 1. The predicted molar refractivity (Wildman–Crippen MR) is 110 cm³/mol. The first-order chi connectivity index (χ1) is 14.5. The highest BCUT2D eigenvalue weighted by Gasteiger charge is 2.37. The molecule has 2 fully saturated rings. The van der Waals surface area contributed by atoms with Crippen molar-refractivity contribution in [2.24, 2.45) is 5.92 Å². The number of aryl methyl sites for hydroxylation is 2. The quantitative estimate of drug-likeness (QED) is 0.738. The van der Waals surface area contributed by atoms with Crippen LogP contribution < -0.4 is 4.90 Å². The molecule has 0 saturated carbocycles. The Kier molecular flexibility index (Phi) is 5.56. The molecule has 2 saturated heterocycles. The molecule has 10 nitrogen and oxygen atoms in total. The van der Waals surface area contributed by atoms with E-state index in [1.807, 2.05) is 30.9 Å². The minimum absolute atomic E-state index is 0.0498. The highest BCUT2D eigenvalue weighted by atomic mass is 16.6. The van der Waals surface area contributed by atoms with Gasteiger partial charge in [-0.2, -0.15) is 5.10 Å². The lowest BCUT2D eigenvalue weighted by Crippen LogP contribution is -2.58. The maximum absolute atomic E-state index is 12.8. The van der Waals surface area contributed by atoms with Gasteiger partial charge in [-0.25, -0.2) is 19.4 Å². The van der Waals surface area contributed by atoms with Crippen molar-refractivity contribution in [2.75, 3.05) is 50.8 Å². The van der Waals surface area contributed by atoms with E-state index in [-0.39, 0.29) is 17.9 Å². The van der Waals surface area contributed by atoms with Gasteiger partial charge in [-0.1, -0.05) is 0 Å². The Labute approximate surface area is 175 Å². The number of amides is 2. The number of ether oxygens (including phenoxy) is 1. The van der Waals surface area contributed by atoms with E-state index < -0.39 is 0 Å². The summed E-state index contributed by atoms with van der Waals surface area (Å²) in [6.07, 6.45) is 1.23. The summed E-state index contributed by atoms with van der Waals surface area (Å²) in [4.78, 5) is 38.9. The van der Waals surface area contributed by atoms with Crippen molar-refractivity contribution in [1.29, 1.82) is 0 Å². The molecule has 30 heavy (non-hydrogen) atoms. The third-order valence-electron chi connectivity index (χ3n) is 5.54. The third kappa shape index (κ3) is 3.94. The van der Waals surface area contributed by atoms with Crippen LogP contribution in [0.25, 0.3) is 5.82 Å². The van der Waals surface area contributed by atoms with Crippen molar-refractivity contribution in [1.82, 2.24) is 29.5 Å². The highest BCUT2D eigenvalue weighted by molar-refractivity contribution is 5.82. The molecule has 2 aromatic rings. The molecule has 10 heteroatoms. The van der Waals surface area contributed by atoms with Gasteiger partial charge in [0.15, 0.2) is 5.82 Å². The van der Waals surface area contributed by atoms with Crippen LogP contribution in [0.1, 0.15) is 18.3 Å². The van der Waals surface area contributed by atoms with E-state index in [0.29, 0.717) is 45.9 Å². The Balaban J connectivity index is 1.32. The standard InChI is InChI=1S/C20H27N7O3/c1-4-30-20(29)25-7-5-24(6-8-25)19(28)16-11-26(12-16)17-10-18(22-13-21-17)27-15(3)9-14(2)23-27/h9-10,13,16H,4-8,11-12H2,1-3H3. The summed E-state index contributed by atoms with van der Waals surface area (Å²) < 4.78 is 6.83. The fourth-order valence-corrected chi connectivity index (χ4v) is 3.89. The lowest BCUT2D eigenvalue weighted by molar-refractivity contribution is -0.138. The minimum Gasteiger partial charge on any atom is -0.450 e. The first-order valence-electron chi connectivity index (χ1n) is 10.3. The van der Waals surface area contributed by atoms with E-state index in [0.717, 1.165) is 23.0 Å². The average molecular weight is 413 g/mol. The number of aromatic nitrogens is 4. The number of carbonyl (C=O) groups is 2. The molecule has 0 N–H and O–H groups in total. The largest absolute Gasteiger partial charge is 0.450 e. The molecule has 160 valence electrons. The third-order valence-corrected chi connectivity index (χ3v) is 5.54. The molecule has 0 unspecified atom stereocenters. The number of carbonyl (C=O) groups excluding carboxylic acids is 2. The monoisotopic (exact) mass is 413 g/mol. The minimum atomic E-state index is -0.304. The molecule has 2 aliphatic heterocycles. The van der Waals surface area contributed by atoms with Crippen LogP contribution in [0, 0.1) is 19.8 Å². The Morgan fingerprint density at radius 3 is 2.33 bits per heavy atom. The second-order valence-electron chi connectivity index (χ2n) is 7.69. The van der Waals surface area contributed by atoms with E-state index >= 15 is 0 Å². The number of rotatable bonds is 4. The zero-order valence-electron chi connectivity index (χ0n) is 17.6. The molecular weight excluding hydrogens is 386 g/mol. The van der Waals surface area contributed by atoms with Crippen molar-refractivity contribution in [2.45, 2.75) is 20.8 Å². The SMILES string of the molecule is CCOC(=O)N1CCN(C(=O)C2CN(c3cc(-n4nc(C)cc4C)ncn3)C2)CC1. The van der Waals surface area contributed by atoms with Crippen molar-refractivity contribution >= 4 is 17.8 Å². The normalized spacial score (nSPS) is 17.1. The van der Waals surface area contributed by atoms with E-state index in [2.05, 4.69) is 20.0 Å². The molecular formula is C20H27N7O3. The number of nitrogens with zero attached hydrogens (tertiary/aromatic N) is 7. The summed E-state index contributed by atoms with van der Waals surface area (Å²) in [6.45, 7) is 9.46. The maximum Gasteiger partial charge on any atom is 0.409 e. The molecule has 2 aromatic heterocycles. The molecule has 0 spiro atoms. The van der Waals surface area contributed by atoms with Crippen molar-refractivity contribution < 1.29 is 14.3 Å². The van der Waals surface area contributed by atoms with E-state index in [1.54, 1.807) is 16.5 Å². The second-order valence-corrected chi connectivity index (χ2v) is 7.69. The number of hydrogen-bond acceptors (Lipinski definition) is 7. The molecule has 4 rings (SSSR count). The summed E-state index contributed by atoms with van der Waals surface area (Å²) >= 11 is 0. The first kappa shape index (κ1) is 20.1. The summed E-state index contributed by atoms with van der Waals surface area (Å²) in [5.74, 6) is 1.60. The van der Waals surface area contributed by atoms with E-state index in [9.17, 15) is 9.59 Å². The molecule has 0 atom stereocenters. The topological polar surface area (TPSA) is 96.7 Å². The van der Waals surface area contributed by atoms with Crippen LogP contribution in [-0.4, -0.2) is 87.4 Å². The summed E-state index contributed by atoms with van der Waals surface area (Å²) in [7, 11) is 0. The van der Waals surface area contributed by atoms with Gasteiger partial charge in [0.2, 0.25) is 5.91 Å². The van der Waals surface area contributed by atoms with Gasteiger partial charge in [0, 0.05) is 51.0 Å². The van der Waals surface area contributed by atoms with Gasteiger partial charge >= 0.3 is 6.09 Å². The lowest BCUT2D eigenvalue weighted by Gasteiger charge is -2.43. The van der Waals surface area contributed by atoms with Gasteiger partial charge in [0.25, 0.3) is 0 Å². The van der Waals surface area contributed by atoms with E-state index in [4.69, 9.17) is 4.74 Å². The Morgan fingerprint density at radius 1 is 1.03 bits per heavy atom. The van der Waals surface area contributed by atoms with Crippen LogP contribution in [0.15, 0.2) is 18.5 Å². The van der Waals surface area contributed by atoms with Crippen LogP contribution in [0.3, 0.4) is 0 Å². The highest BCUT2D eigenvalue weighted by Crippen LogP contribution is 2.26. The predicted octanol–water partition coefficient (Wildman–Crippen LogP) is 1.02. The zero-order valence-corrected chi connectivity index (χ0v) is 17.6. The van der Waals surface area contributed by atoms with Crippen LogP contribution in [0.4, 0.5) is 10.6 Å². The van der Waals surface area contributed by atoms with Crippen LogP contribution >= 0.6 is 0 Å². The smallest absolute Gasteiger partial charge is 0.409 e. The van der Waals surface area contributed by atoms with Crippen molar-refractivity contribution in [3.05, 3.63) is 29.8 Å². The van der Waals surface area contributed by atoms with Gasteiger partial charge in [0.1, 0.15) is 12.1 Å². The van der Waals surface area contributed by atoms with Crippen molar-refractivity contribution in [3.63, 3.8) is 0 Å². The van der Waals surface area contributed by atoms with E-state index in [1.165, 1.54) is 6.33 Å². The Bertz CT molecular complexity index is 930. The van der Waals surface area contributed by atoms with Crippen LogP contribution in [0.5, 0.6) is 0 Å². The number of hydrogen-bond donors (Lipinski definition) is 0. The summed E-state index contributed by atoms with van der Waals surface area (Å²) in [5, 5.41) is 4.47. The average Bonchev–Trinajstić information content (AvgIpc) is 3.05. The van der Waals surface area contributed by atoms with Gasteiger partial charge in [-0.05, 0) is 26.8 Å². The molecule has 0 bridgehead atoms. The summed E-state index contributed by atoms with van der Waals surface area (Å²) in [5.41, 5.74) is 1.95. The van der Waals surface area contributed by atoms with Gasteiger partial charge in [-0.15, -0.1) is 0 Å². The zero-order chi connectivity index (χ0) is 21.3.